The molecule has 0 saturated carbocycles. The first kappa shape index (κ1) is 36.3. The van der Waals surface area contributed by atoms with Gasteiger partial charge in [0.1, 0.15) is 25.3 Å². The lowest BCUT2D eigenvalue weighted by atomic mass is 9.96. The topological polar surface area (TPSA) is 87.8 Å². The van der Waals surface area contributed by atoms with Gasteiger partial charge < -0.3 is 9.41 Å². The Labute approximate surface area is 278 Å². The van der Waals surface area contributed by atoms with E-state index in [4.69, 9.17) is 4.43 Å². The number of fused-ring (bicyclic) bond motifs is 2. The SMILES string of the molecule is CC(C)[Si](C#Cc1c(F)ccc2cc(O[Si](C(C)C)(C(C)C)C(C)C)cc(-c3ncc4c(=O)[nH]c(=O)[nH]c4c3F)c12)(C(C)C)C(C)C. The molecule has 0 aliphatic heterocycles. The molecule has 0 aliphatic carbocycles. The van der Waals surface area contributed by atoms with E-state index in [0.717, 1.165) is 0 Å². The molecule has 47 heavy (non-hydrogen) atoms. The lowest BCUT2D eigenvalue weighted by molar-refractivity contribution is 0.480. The molecule has 0 radical (unpaired) electrons. The molecule has 0 spiro atoms. The van der Waals surface area contributed by atoms with Crippen LogP contribution in [0.25, 0.3) is 32.9 Å². The normalized spacial score (nSPS) is 12.8. The first-order chi connectivity index (χ1) is 21.9. The van der Waals surface area contributed by atoms with E-state index < -0.39 is 39.3 Å². The number of rotatable bonds is 9. The second-order valence-electron chi connectivity index (χ2n) is 14.7. The number of hydrogen-bond acceptors (Lipinski definition) is 4. The van der Waals surface area contributed by atoms with Gasteiger partial charge >= 0.3 is 5.69 Å². The zero-order valence-electron chi connectivity index (χ0n) is 29.8. The van der Waals surface area contributed by atoms with Gasteiger partial charge in [-0.2, -0.15) is 0 Å². The van der Waals surface area contributed by atoms with Crippen LogP contribution in [0.4, 0.5) is 8.78 Å². The van der Waals surface area contributed by atoms with Crippen LogP contribution in [0, 0.1) is 23.1 Å². The number of halogens is 2. The molecule has 0 unspecified atom stereocenters. The molecule has 2 heterocycles. The third-order valence-corrected chi connectivity index (χ3v) is 22.6. The van der Waals surface area contributed by atoms with E-state index in [1.54, 1.807) is 12.1 Å². The van der Waals surface area contributed by atoms with Crippen molar-refractivity contribution in [2.24, 2.45) is 0 Å². The van der Waals surface area contributed by atoms with Crippen LogP contribution < -0.4 is 15.7 Å². The maximum atomic E-state index is 16.5. The van der Waals surface area contributed by atoms with Crippen molar-refractivity contribution in [3.63, 3.8) is 0 Å². The average Bonchev–Trinajstić information content (AvgIpc) is 2.96. The molecule has 0 aliphatic rings. The Hall–Kier alpha value is -3.56. The molecule has 10 heteroatoms. The first-order valence-electron chi connectivity index (χ1n) is 16.7. The van der Waals surface area contributed by atoms with E-state index in [0.29, 0.717) is 33.1 Å². The third kappa shape index (κ3) is 6.24. The lowest BCUT2D eigenvalue weighted by Crippen LogP contribution is -2.50. The van der Waals surface area contributed by atoms with E-state index in [1.165, 1.54) is 12.3 Å². The van der Waals surface area contributed by atoms with Gasteiger partial charge in [-0.1, -0.05) is 95.1 Å². The molecule has 2 aromatic heterocycles. The standard InChI is InChI=1S/C37H49F2N3O3Si2/c1-20(2)46(21(3)4,22(5)6)16-15-28-31(38)14-13-26-17-27(45-47(23(7)8,24(9)10)25(11)12)18-29(32(26)28)34-33(39)35-30(19-40-34)36(43)42-37(44)41-35/h13-14,17-25H,1-12H3,(H2,41,42,43,44). The predicted octanol–water partition coefficient (Wildman–Crippen LogP) is 9.83. The fourth-order valence-electron chi connectivity index (χ4n) is 8.23. The summed E-state index contributed by atoms with van der Waals surface area (Å²) in [5.74, 6) is 2.43. The highest BCUT2D eigenvalue weighted by atomic mass is 28.4. The van der Waals surface area contributed by atoms with Gasteiger partial charge in [-0.25, -0.2) is 13.6 Å². The molecule has 0 saturated heterocycles. The van der Waals surface area contributed by atoms with Crippen molar-refractivity contribution in [2.45, 2.75) is 116 Å². The molecule has 2 N–H and O–H groups in total. The third-order valence-electron chi connectivity index (χ3n) is 10.3. The van der Waals surface area contributed by atoms with E-state index in [2.05, 4.69) is 110 Å². The molecule has 0 atom stereocenters. The number of H-pyrrole nitrogens is 2. The Balaban J connectivity index is 2.18. The van der Waals surface area contributed by atoms with Crippen LogP contribution in [0.2, 0.25) is 33.2 Å². The van der Waals surface area contributed by atoms with Gasteiger partial charge in [0.15, 0.2) is 5.82 Å². The molecule has 0 amide bonds. The monoisotopic (exact) mass is 677 g/mol. The maximum Gasteiger partial charge on any atom is 0.326 e. The van der Waals surface area contributed by atoms with Gasteiger partial charge in [0.2, 0.25) is 0 Å². The molecule has 0 bridgehead atoms. The average molecular weight is 678 g/mol. The van der Waals surface area contributed by atoms with Gasteiger partial charge in [0.05, 0.1) is 16.5 Å². The van der Waals surface area contributed by atoms with Gasteiger partial charge in [0.25, 0.3) is 13.9 Å². The molecule has 6 nitrogen and oxygen atoms in total. The first-order valence-corrected chi connectivity index (χ1v) is 21.1. The molecule has 4 rings (SSSR count). The summed E-state index contributed by atoms with van der Waals surface area (Å²) >= 11 is 0. The Morgan fingerprint density at radius 2 is 1.36 bits per heavy atom. The summed E-state index contributed by atoms with van der Waals surface area (Å²) in [6.45, 7) is 26.3. The number of nitrogens with zero attached hydrogens (tertiary/aromatic N) is 1. The van der Waals surface area contributed by atoms with Gasteiger partial charge in [-0.3, -0.25) is 14.8 Å². The smallest absolute Gasteiger partial charge is 0.326 e. The number of hydrogen-bond donors (Lipinski definition) is 2. The Morgan fingerprint density at radius 1 is 0.787 bits per heavy atom. The Morgan fingerprint density at radius 3 is 1.89 bits per heavy atom. The predicted molar refractivity (Wildman–Crippen MR) is 195 cm³/mol. The summed E-state index contributed by atoms with van der Waals surface area (Å²) in [5.41, 5.74) is 3.87. The van der Waals surface area contributed by atoms with Crippen molar-refractivity contribution in [3.8, 4) is 28.5 Å². The van der Waals surface area contributed by atoms with Gasteiger partial charge in [-0.05, 0) is 56.8 Å². The Kier molecular flexibility index (Phi) is 10.4. The van der Waals surface area contributed by atoms with E-state index >= 15 is 8.78 Å². The summed E-state index contributed by atoms with van der Waals surface area (Å²) < 4.78 is 39.6. The second kappa shape index (κ2) is 13.5. The zero-order valence-corrected chi connectivity index (χ0v) is 31.8. The molecule has 252 valence electrons. The van der Waals surface area contributed by atoms with Crippen molar-refractivity contribution in [1.29, 1.82) is 0 Å². The molecule has 0 fully saturated rings. The number of nitrogens with one attached hydrogen (secondary N) is 2. The zero-order chi connectivity index (χ0) is 35.2. The summed E-state index contributed by atoms with van der Waals surface area (Å²) in [6, 6.07) is 6.69. The highest BCUT2D eigenvalue weighted by Gasteiger charge is 2.47. The second-order valence-corrected chi connectivity index (χ2v) is 25.6. The number of pyridine rings is 1. The quantitative estimate of drug-likeness (QED) is 0.136. The van der Waals surface area contributed by atoms with Crippen molar-refractivity contribution in [2.75, 3.05) is 0 Å². The van der Waals surface area contributed by atoms with Crippen molar-refractivity contribution in [1.82, 2.24) is 15.0 Å². The molecular weight excluding hydrogens is 629 g/mol. The van der Waals surface area contributed by atoms with Crippen LogP contribution in [0.15, 0.2) is 40.1 Å². The van der Waals surface area contributed by atoms with Crippen molar-refractivity contribution in [3.05, 3.63) is 68.5 Å². The molecule has 2 aromatic carbocycles. The van der Waals surface area contributed by atoms with Crippen LogP contribution in [0.5, 0.6) is 5.75 Å². The van der Waals surface area contributed by atoms with Crippen molar-refractivity contribution < 1.29 is 13.2 Å². The number of aromatic amines is 2. The largest absolute Gasteiger partial charge is 0.543 e. The lowest BCUT2D eigenvalue weighted by Gasteiger charge is -2.42. The molecular formula is C37H49F2N3O3Si2. The number of aromatic nitrogens is 3. The number of benzene rings is 2. The van der Waals surface area contributed by atoms with Crippen molar-refractivity contribution >= 4 is 38.1 Å². The highest BCUT2D eigenvalue weighted by molar-refractivity contribution is 6.90. The van der Waals surface area contributed by atoms with E-state index in [1.807, 2.05) is 6.07 Å². The van der Waals surface area contributed by atoms with Crippen LogP contribution in [-0.4, -0.2) is 31.3 Å². The van der Waals surface area contributed by atoms with Crippen LogP contribution in [0.3, 0.4) is 0 Å². The van der Waals surface area contributed by atoms with Crippen LogP contribution in [-0.2, 0) is 0 Å². The fraction of sp³-hybridized carbons (Fsp3) is 0.486. The van der Waals surface area contributed by atoms with E-state index in [-0.39, 0.29) is 44.3 Å². The molecule has 4 aromatic rings. The van der Waals surface area contributed by atoms with Crippen LogP contribution >= 0.6 is 0 Å². The highest BCUT2D eigenvalue weighted by Crippen LogP contribution is 2.45. The summed E-state index contributed by atoms with van der Waals surface area (Å²) in [6.07, 6.45) is 1.23. The van der Waals surface area contributed by atoms with Gasteiger partial charge in [-0.15, -0.1) is 5.54 Å². The van der Waals surface area contributed by atoms with Gasteiger partial charge in [0, 0.05) is 17.1 Å². The summed E-state index contributed by atoms with van der Waals surface area (Å²) in [7, 11) is -4.73. The Bertz CT molecular complexity index is 1940. The minimum absolute atomic E-state index is 0.0961. The van der Waals surface area contributed by atoms with Crippen LogP contribution in [0.1, 0.15) is 88.6 Å². The summed E-state index contributed by atoms with van der Waals surface area (Å²) in [4.78, 5) is 33.6. The minimum Gasteiger partial charge on any atom is -0.543 e. The maximum absolute atomic E-state index is 16.5. The fourth-order valence-corrected chi connectivity index (χ4v) is 18.7. The minimum atomic E-state index is -2.46. The summed E-state index contributed by atoms with van der Waals surface area (Å²) in [5, 5.41) is 0.947. The van der Waals surface area contributed by atoms with E-state index in [9.17, 15) is 9.59 Å².